The molecular weight excluding hydrogens is 392 g/mol. The Morgan fingerprint density at radius 3 is 2.43 bits per heavy atom. The van der Waals surface area contributed by atoms with Crippen LogP contribution >= 0.6 is 0 Å². The number of hydrogen-bond acceptors (Lipinski definition) is 7. The number of esters is 1. The van der Waals surface area contributed by atoms with E-state index in [-0.39, 0.29) is 29.1 Å². The zero-order valence-corrected chi connectivity index (χ0v) is 17.3. The van der Waals surface area contributed by atoms with Gasteiger partial charge in [-0.05, 0) is 29.2 Å². The number of carbonyl (C=O) groups excluding carboxylic acids is 2. The highest BCUT2D eigenvalue weighted by molar-refractivity contribution is 5.95. The summed E-state index contributed by atoms with van der Waals surface area (Å²) in [5.74, 6) is -0.621. The van der Waals surface area contributed by atoms with Gasteiger partial charge in [-0.2, -0.15) is 0 Å². The predicted molar refractivity (Wildman–Crippen MR) is 110 cm³/mol. The molecule has 0 unspecified atom stereocenters. The summed E-state index contributed by atoms with van der Waals surface area (Å²) in [6.07, 6.45) is 0. The van der Waals surface area contributed by atoms with Crippen LogP contribution in [0.5, 0.6) is 11.5 Å². The van der Waals surface area contributed by atoms with Gasteiger partial charge >= 0.3 is 5.97 Å². The average molecular weight is 416 g/mol. The number of nitrogens with zero attached hydrogens (tertiary/aromatic N) is 1. The van der Waals surface area contributed by atoms with E-state index >= 15 is 0 Å². The zero-order chi connectivity index (χ0) is 22.3. The number of methoxy groups -OCH3 is 1. The fourth-order valence-electron chi connectivity index (χ4n) is 2.62. The number of amides is 1. The van der Waals surface area contributed by atoms with Gasteiger partial charge in [-0.25, -0.2) is 4.79 Å². The Balaban J connectivity index is 1.91. The van der Waals surface area contributed by atoms with E-state index in [1.165, 1.54) is 25.3 Å². The summed E-state index contributed by atoms with van der Waals surface area (Å²) < 4.78 is 15.4. The van der Waals surface area contributed by atoms with E-state index in [4.69, 9.17) is 14.2 Å². The fourth-order valence-corrected chi connectivity index (χ4v) is 2.62. The smallest absolute Gasteiger partial charge is 0.344 e. The van der Waals surface area contributed by atoms with E-state index in [2.05, 4.69) is 5.32 Å². The minimum absolute atomic E-state index is 0.0304. The average Bonchev–Trinajstić information content (AvgIpc) is 2.70. The Hall–Kier alpha value is -3.62. The van der Waals surface area contributed by atoms with Gasteiger partial charge in [-0.1, -0.05) is 39.0 Å². The Morgan fingerprint density at radius 2 is 1.80 bits per heavy atom. The number of nitro benzene ring substituents is 1. The topological polar surface area (TPSA) is 117 Å². The van der Waals surface area contributed by atoms with Crippen molar-refractivity contribution in [1.29, 1.82) is 0 Å². The van der Waals surface area contributed by atoms with Crippen LogP contribution in [-0.2, 0) is 19.7 Å². The second-order valence-corrected chi connectivity index (χ2v) is 7.38. The number of nitro groups is 1. The van der Waals surface area contributed by atoms with Crippen molar-refractivity contribution in [3.63, 3.8) is 0 Å². The summed E-state index contributed by atoms with van der Waals surface area (Å²) in [5, 5.41) is 13.5. The lowest BCUT2D eigenvalue weighted by molar-refractivity contribution is -0.384. The van der Waals surface area contributed by atoms with Crippen LogP contribution in [0.1, 0.15) is 26.3 Å². The maximum atomic E-state index is 12.0. The molecule has 0 aromatic heterocycles. The molecule has 0 radical (unpaired) electrons. The molecule has 0 bridgehead atoms. The molecule has 0 aliphatic heterocycles. The molecule has 1 amide bonds. The number of anilines is 1. The van der Waals surface area contributed by atoms with Gasteiger partial charge in [0.2, 0.25) is 0 Å². The molecule has 9 heteroatoms. The lowest BCUT2D eigenvalue weighted by atomic mass is 9.86. The van der Waals surface area contributed by atoms with E-state index in [1.807, 2.05) is 32.9 Å². The maximum Gasteiger partial charge on any atom is 0.344 e. The van der Waals surface area contributed by atoms with E-state index < -0.39 is 23.4 Å². The van der Waals surface area contributed by atoms with Gasteiger partial charge in [0.05, 0.1) is 18.1 Å². The second-order valence-electron chi connectivity index (χ2n) is 7.38. The molecule has 0 heterocycles. The quantitative estimate of drug-likeness (QED) is 0.398. The number of nitrogens with one attached hydrogen (secondary N) is 1. The molecular formula is C21H24N2O7. The number of rotatable bonds is 8. The molecule has 160 valence electrons. The lowest BCUT2D eigenvalue weighted by Crippen LogP contribution is -2.24. The van der Waals surface area contributed by atoms with Crippen molar-refractivity contribution >= 4 is 23.3 Å². The largest absolute Gasteiger partial charge is 0.496 e. The van der Waals surface area contributed by atoms with Crippen LogP contribution in [0.25, 0.3) is 0 Å². The van der Waals surface area contributed by atoms with Crippen LogP contribution in [0.2, 0.25) is 0 Å². The van der Waals surface area contributed by atoms with Gasteiger partial charge in [0.15, 0.2) is 13.2 Å². The number of para-hydroxylation sites is 1. The van der Waals surface area contributed by atoms with Crippen LogP contribution < -0.4 is 14.8 Å². The summed E-state index contributed by atoms with van der Waals surface area (Å²) >= 11 is 0. The van der Waals surface area contributed by atoms with Crippen molar-refractivity contribution < 1.29 is 28.7 Å². The van der Waals surface area contributed by atoms with Crippen molar-refractivity contribution in [2.24, 2.45) is 0 Å². The highest BCUT2D eigenvalue weighted by Gasteiger charge is 2.20. The SMILES string of the molecule is COc1ccc(NC(=O)COC(=O)COc2ccccc2C(C)(C)C)c([N+](=O)[O-])c1. The van der Waals surface area contributed by atoms with Crippen LogP contribution in [0.4, 0.5) is 11.4 Å². The van der Waals surface area contributed by atoms with Crippen LogP contribution in [0.15, 0.2) is 42.5 Å². The fraction of sp³-hybridized carbons (Fsp3) is 0.333. The molecule has 30 heavy (non-hydrogen) atoms. The summed E-state index contributed by atoms with van der Waals surface area (Å²) in [6, 6.07) is 11.3. The maximum absolute atomic E-state index is 12.0. The Bertz CT molecular complexity index is 935. The number of carbonyl (C=O) groups is 2. The molecule has 1 N–H and O–H groups in total. The van der Waals surface area contributed by atoms with Crippen molar-refractivity contribution in [2.45, 2.75) is 26.2 Å². The minimum atomic E-state index is -0.738. The number of hydrogen-bond donors (Lipinski definition) is 1. The van der Waals surface area contributed by atoms with E-state index in [0.29, 0.717) is 5.75 Å². The molecule has 2 aromatic carbocycles. The molecule has 0 aliphatic carbocycles. The molecule has 0 aliphatic rings. The highest BCUT2D eigenvalue weighted by Crippen LogP contribution is 2.31. The predicted octanol–water partition coefficient (Wildman–Crippen LogP) is 3.46. The van der Waals surface area contributed by atoms with Crippen molar-refractivity contribution in [1.82, 2.24) is 0 Å². The minimum Gasteiger partial charge on any atom is -0.496 e. The molecule has 0 atom stereocenters. The summed E-state index contributed by atoms with van der Waals surface area (Å²) in [4.78, 5) is 34.5. The van der Waals surface area contributed by atoms with Gasteiger partial charge in [-0.3, -0.25) is 14.9 Å². The standard InChI is InChI=1S/C21H24N2O7/c1-21(2,3)15-7-5-6-8-18(15)29-13-20(25)30-12-19(24)22-16-10-9-14(28-4)11-17(16)23(26)27/h5-11H,12-13H2,1-4H3,(H,22,24). The van der Waals surface area contributed by atoms with Crippen molar-refractivity contribution in [3.05, 3.63) is 58.1 Å². The monoisotopic (exact) mass is 416 g/mol. The molecule has 0 saturated heterocycles. The molecule has 0 spiro atoms. The number of ether oxygens (including phenoxy) is 3. The lowest BCUT2D eigenvalue weighted by Gasteiger charge is -2.22. The first-order valence-electron chi connectivity index (χ1n) is 9.12. The van der Waals surface area contributed by atoms with E-state index in [1.54, 1.807) is 12.1 Å². The molecule has 0 fully saturated rings. The molecule has 9 nitrogen and oxygen atoms in total. The van der Waals surface area contributed by atoms with Gasteiger partial charge in [0.1, 0.15) is 17.2 Å². The molecule has 2 aromatic rings. The first-order chi connectivity index (χ1) is 14.1. The van der Waals surface area contributed by atoms with Gasteiger partial charge in [-0.15, -0.1) is 0 Å². The second kappa shape index (κ2) is 9.73. The third-order valence-corrected chi connectivity index (χ3v) is 4.08. The van der Waals surface area contributed by atoms with Crippen LogP contribution in [0, 0.1) is 10.1 Å². The zero-order valence-electron chi connectivity index (χ0n) is 17.3. The highest BCUT2D eigenvalue weighted by atomic mass is 16.6. The van der Waals surface area contributed by atoms with Gasteiger partial charge < -0.3 is 19.5 Å². The van der Waals surface area contributed by atoms with Crippen LogP contribution in [-0.4, -0.2) is 37.1 Å². The van der Waals surface area contributed by atoms with E-state index in [0.717, 1.165) is 5.56 Å². The Kier molecular flexibility index (Phi) is 7.35. The normalized spacial score (nSPS) is 10.8. The summed E-state index contributed by atoms with van der Waals surface area (Å²) in [5.41, 5.74) is 0.392. The molecule has 0 saturated carbocycles. The van der Waals surface area contributed by atoms with Crippen LogP contribution in [0.3, 0.4) is 0 Å². The van der Waals surface area contributed by atoms with Crippen molar-refractivity contribution in [2.75, 3.05) is 25.6 Å². The summed E-state index contributed by atoms with van der Waals surface area (Å²) in [6.45, 7) is 5.10. The first kappa shape index (κ1) is 22.7. The number of benzene rings is 2. The third-order valence-electron chi connectivity index (χ3n) is 4.08. The molecule has 2 rings (SSSR count). The van der Waals surface area contributed by atoms with E-state index in [9.17, 15) is 19.7 Å². The Labute approximate surface area is 174 Å². The summed E-state index contributed by atoms with van der Waals surface area (Å²) in [7, 11) is 1.37. The first-order valence-corrected chi connectivity index (χ1v) is 9.12. The Morgan fingerprint density at radius 1 is 1.10 bits per heavy atom. The third kappa shape index (κ3) is 6.20. The van der Waals surface area contributed by atoms with Crippen molar-refractivity contribution in [3.8, 4) is 11.5 Å². The van der Waals surface area contributed by atoms with Gasteiger partial charge in [0.25, 0.3) is 11.6 Å². The van der Waals surface area contributed by atoms with Gasteiger partial charge in [0, 0.05) is 0 Å².